The second-order valence-electron chi connectivity index (χ2n) is 7.49. The van der Waals surface area contributed by atoms with Crippen LogP contribution in [-0.2, 0) is 6.54 Å². The Morgan fingerprint density at radius 1 is 0.963 bits per heavy atom. The predicted octanol–water partition coefficient (Wildman–Crippen LogP) is 3.11. The van der Waals surface area contributed by atoms with Crippen LogP contribution in [0.2, 0.25) is 0 Å². The largest absolute Gasteiger partial charge is 0.485 e. The van der Waals surface area contributed by atoms with Crippen LogP contribution in [0.1, 0.15) is 36.5 Å². The van der Waals surface area contributed by atoms with Crippen LogP contribution < -0.4 is 9.47 Å². The number of hydrogen-bond acceptors (Lipinski definition) is 5. The summed E-state index contributed by atoms with van der Waals surface area (Å²) in [4.78, 5) is 2.40. The fraction of sp³-hybridized carbons (Fsp3) is 0.455. The van der Waals surface area contributed by atoms with Gasteiger partial charge in [0, 0.05) is 12.5 Å². The van der Waals surface area contributed by atoms with E-state index in [0.29, 0.717) is 6.61 Å². The van der Waals surface area contributed by atoms with Gasteiger partial charge in [0.2, 0.25) is 0 Å². The van der Waals surface area contributed by atoms with E-state index in [0.717, 1.165) is 56.0 Å². The normalized spacial score (nSPS) is 23.2. The first-order valence-corrected chi connectivity index (χ1v) is 9.75. The van der Waals surface area contributed by atoms with Gasteiger partial charge < -0.3 is 19.7 Å². The quantitative estimate of drug-likeness (QED) is 0.811. The molecular weight excluding hydrogens is 342 g/mol. The molecule has 0 aliphatic carbocycles. The third-order valence-corrected chi connectivity index (χ3v) is 5.55. The van der Waals surface area contributed by atoms with Gasteiger partial charge in [0.05, 0.1) is 0 Å². The first-order valence-electron chi connectivity index (χ1n) is 9.75. The molecule has 4 rings (SSSR count). The first-order chi connectivity index (χ1) is 13.2. The highest BCUT2D eigenvalue weighted by Crippen LogP contribution is 2.35. The van der Waals surface area contributed by atoms with Crippen molar-refractivity contribution >= 4 is 0 Å². The van der Waals surface area contributed by atoms with E-state index in [1.165, 1.54) is 5.56 Å². The molecular formula is C22H27NO4. The van der Waals surface area contributed by atoms with Crippen molar-refractivity contribution in [2.24, 2.45) is 5.92 Å². The van der Waals surface area contributed by atoms with E-state index in [-0.39, 0.29) is 12.0 Å². The molecule has 2 aromatic rings. The van der Waals surface area contributed by atoms with Crippen molar-refractivity contribution in [2.75, 3.05) is 19.7 Å². The van der Waals surface area contributed by atoms with Crippen molar-refractivity contribution in [3.8, 4) is 11.5 Å². The number of aliphatic hydroxyl groups excluding tert-OH is 1. The molecule has 0 amide bonds. The highest BCUT2D eigenvalue weighted by atomic mass is 16.6. The summed E-state index contributed by atoms with van der Waals surface area (Å²) in [6.45, 7) is 3.31. The van der Waals surface area contributed by atoms with Crippen LogP contribution in [0.3, 0.4) is 0 Å². The van der Waals surface area contributed by atoms with Crippen LogP contribution in [0.15, 0.2) is 48.5 Å². The molecule has 2 aliphatic rings. The Morgan fingerprint density at radius 3 is 2.52 bits per heavy atom. The summed E-state index contributed by atoms with van der Waals surface area (Å²) in [5.74, 6) is 1.60. The fourth-order valence-corrected chi connectivity index (χ4v) is 3.92. The molecule has 2 N–H and O–H groups in total. The Labute approximate surface area is 160 Å². The molecule has 0 saturated carbocycles. The summed E-state index contributed by atoms with van der Waals surface area (Å²) >= 11 is 0. The lowest BCUT2D eigenvalue weighted by atomic mass is 10.0. The number of fused-ring (bicyclic) bond motifs is 1. The van der Waals surface area contributed by atoms with Crippen LogP contribution in [0.25, 0.3) is 0 Å². The molecule has 2 aromatic carbocycles. The van der Waals surface area contributed by atoms with Crippen molar-refractivity contribution < 1.29 is 19.7 Å². The van der Waals surface area contributed by atoms with Gasteiger partial charge in [-0.25, -0.2) is 0 Å². The molecule has 1 saturated heterocycles. The Kier molecular flexibility index (Phi) is 5.62. The molecule has 2 heterocycles. The highest BCUT2D eigenvalue weighted by molar-refractivity contribution is 5.41. The maximum absolute atomic E-state index is 9.41. The maximum Gasteiger partial charge on any atom is 0.162 e. The molecule has 0 radical (unpaired) electrons. The molecule has 1 fully saturated rings. The van der Waals surface area contributed by atoms with Crippen LogP contribution in [0, 0.1) is 5.92 Å². The Bertz CT molecular complexity index is 746. The van der Waals surface area contributed by atoms with E-state index in [1.807, 2.05) is 24.3 Å². The van der Waals surface area contributed by atoms with Crippen LogP contribution >= 0.6 is 0 Å². The lowest BCUT2D eigenvalue weighted by Gasteiger charge is -2.27. The van der Waals surface area contributed by atoms with Crippen LogP contribution in [0.4, 0.5) is 0 Å². The van der Waals surface area contributed by atoms with E-state index in [9.17, 15) is 10.2 Å². The summed E-state index contributed by atoms with van der Waals surface area (Å²) in [7, 11) is 0. The molecule has 2 atom stereocenters. The second kappa shape index (κ2) is 8.30. The number of nitrogens with zero attached hydrogens (tertiary/aromatic N) is 1. The molecule has 5 heteroatoms. The molecule has 144 valence electrons. The Balaban J connectivity index is 1.36. The molecule has 2 aliphatic heterocycles. The molecule has 27 heavy (non-hydrogen) atoms. The van der Waals surface area contributed by atoms with Crippen molar-refractivity contribution in [3.05, 3.63) is 59.7 Å². The number of benzene rings is 2. The van der Waals surface area contributed by atoms with Gasteiger partial charge in [0.25, 0.3) is 0 Å². The zero-order chi connectivity index (χ0) is 18.6. The van der Waals surface area contributed by atoms with Gasteiger partial charge in [-0.2, -0.15) is 0 Å². The third-order valence-electron chi connectivity index (χ3n) is 5.55. The van der Waals surface area contributed by atoms with Crippen molar-refractivity contribution in [3.63, 3.8) is 0 Å². The SMILES string of the molecule is OC(O)C1CCCN(Cc2ccc(C3COc4ccccc4O3)cc2)CC1. The summed E-state index contributed by atoms with van der Waals surface area (Å²) < 4.78 is 11.9. The van der Waals surface area contributed by atoms with E-state index in [1.54, 1.807) is 0 Å². The lowest BCUT2D eigenvalue weighted by Crippen LogP contribution is -2.26. The number of para-hydroxylation sites is 2. The Morgan fingerprint density at radius 2 is 1.74 bits per heavy atom. The Hall–Kier alpha value is -2.08. The summed E-state index contributed by atoms with van der Waals surface area (Å²) in [5.41, 5.74) is 2.38. The fourth-order valence-electron chi connectivity index (χ4n) is 3.92. The van der Waals surface area contributed by atoms with Crippen molar-refractivity contribution in [2.45, 2.75) is 38.2 Å². The average molecular weight is 369 g/mol. The smallest absolute Gasteiger partial charge is 0.162 e. The zero-order valence-electron chi connectivity index (χ0n) is 15.5. The monoisotopic (exact) mass is 369 g/mol. The van der Waals surface area contributed by atoms with Crippen LogP contribution in [-0.4, -0.2) is 41.1 Å². The van der Waals surface area contributed by atoms with Gasteiger partial charge in [0.15, 0.2) is 23.9 Å². The topological polar surface area (TPSA) is 62.2 Å². The zero-order valence-corrected chi connectivity index (χ0v) is 15.5. The maximum atomic E-state index is 9.41. The van der Waals surface area contributed by atoms with E-state index >= 15 is 0 Å². The van der Waals surface area contributed by atoms with Gasteiger partial charge in [-0.05, 0) is 55.6 Å². The molecule has 0 bridgehead atoms. The summed E-state index contributed by atoms with van der Waals surface area (Å²) in [5, 5.41) is 18.8. The van der Waals surface area contributed by atoms with Gasteiger partial charge in [0.1, 0.15) is 6.61 Å². The van der Waals surface area contributed by atoms with E-state index in [2.05, 4.69) is 29.2 Å². The average Bonchev–Trinajstić information content (AvgIpc) is 2.94. The predicted molar refractivity (Wildman–Crippen MR) is 103 cm³/mol. The van der Waals surface area contributed by atoms with Gasteiger partial charge in [-0.1, -0.05) is 36.4 Å². The van der Waals surface area contributed by atoms with Crippen LogP contribution in [0.5, 0.6) is 11.5 Å². The standard InChI is InChI=1S/C22H27NO4/c24-22(25)18-4-3-12-23(13-11-18)14-16-7-9-17(10-8-16)21-15-26-19-5-1-2-6-20(19)27-21/h1-2,5-10,18,21-22,24-25H,3-4,11-15H2. The minimum atomic E-state index is -1.19. The number of hydrogen-bond donors (Lipinski definition) is 2. The molecule has 2 unspecified atom stereocenters. The second-order valence-corrected chi connectivity index (χ2v) is 7.49. The van der Waals surface area contributed by atoms with E-state index < -0.39 is 6.29 Å². The minimum absolute atomic E-state index is 0.00343. The number of rotatable bonds is 4. The van der Waals surface area contributed by atoms with Crippen molar-refractivity contribution in [1.82, 2.24) is 4.90 Å². The molecule has 5 nitrogen and oxygen atoms in total. The minimum Gasteiger partial charge on any atom is -0.485 e. The number of likely N-dealkylation sites (tertiary alicyclic amines) is 1. The number of ether oxygens (including phenoxy) is 2. The number of aliphatic hydroxyl groups is 2. The van der Waals surface area contributed by atoms with E-state index in [4.69, 9.17) is 9.47 Å². The van der Waals surface area contributed by atoms with Gasteiger partial charge in [-0.15, -0.1) is 0 Å². The van der Waals surface area contributed by atoms with Gasteiger partial charge in [-0.3, -0.25) is 4.90 Å². The van der Waals surface area contributed by atoms with Crippen molar-refractivity contribution in [1.29, 1.82) is 0 Å². The lowest BCUT2D eigenvalue weighted by molar-refractivity contribution is -0.0870. The third kappa shape index (κ3) is 4.43. The molecule has 0 aromatic heterocycles. The van der Waals surface area contributed by atoms with Gasteiger partial charge >= 0.3 is 0 Å². The highest BCUT2D eigenvalue weighted by Gasteiger charge is 2.23. The molecule has 0 spiro atoms. The summed E-state index contributed by atoms with van der Waals surface area (Å²) in [6, 6.07) is 16.3. The summed E-state index contributed by atoms with van der Waals surface area (Å²) in [6.07, 6.45) is 1.45. The first kappa shape index (κ1) is 18.3.